The first-order valence-electron chi connectivity index (χ1n) is 10.3. The highest BCUT2D eigenvalue weighted by Crippen LogP contribution is 2.62. The van der Waals surface area contributed by atoms with Gasteiger partial charge in [-0.1, -0.05) is 26.8 Å². The summed E-state index contributed by atoms with van der Waals surface area (Å²) in [6.45, 7) is 6.36. The summed E-state index contributed by atoms with van der Waals surface area (Å²) in [5.41, 5.74) is -3.74. The summed E-state index contributed by atoms with van der Waals surface area (Å²) in [5.74, 6) is -3.88. The predicted molar refractivity (Wildman–Crippen MR) is 111 cm³/mol. The van der Waals surface area contributed by atoms with E-state index in [0.717, 1.165) is 18.1 Å². The minimum atomic E-state index is -2.53. The highest BCUT2D eigenvalue weighted by atomic mass is 16.3. The van der Waals surface area contributed by atoms with E-state index >= 15 is 0 Å². The van der Waals surface area contributed by atoms with Crippen LogP contribution in [-0.4, -0.2) is 43.4 Å². The van der Waals surface area contributed by atoms with Gasteiger partial charge in [0.2, 0.25) is 5.78 Å². The third kappa shape index (κ3) is 2.47. The lowest BCUT2D eigenvalue weighted by molar-refractivity contribution is -0.164. The minimum Gasteiger partial charge on any atom is -0.508 e. The number of aryl methyl sites for hydroxylation is 1. The van der Waals surface area contributed by atoms with Gasteiger partial charge in [-0.15, -0.1) is 0 Å². The van der Waals surface area contributed by atoms with Gasteiger partial charge in [0.15, 0.2) is 17.2 Å². The Morgan fingerprint density at radius 1 is 1.10 bits per heavy atom. The van der Waals surface area contributed by atoms with Crippen LogP contribution in [-0.2, 0) is 27.2 Å². The van der Waals surface area contributed by atoms with Crippen LogP contribution in [0.2, 0.25) is 0 Å². The largest absolute Gasteiger partial charge is 0.508 e. The molecule has 1 saturated carbocycles. The second kappa shape index (κ2) is 6.29. The van der Waals surface area contributed by atoms with E-state index in [4.69, 9.17) is 0 Å². The van der Waals surface area contributed by atoms with E-state index in [2.05, 4.69) is 0 Å². The van der Waals surface area contributed by atoms with Crippen molar-refractivity contribution in [1.82, 2.24) is 0 Å². The third-order valence-corrected chi connectivity index (χ3v) is 7.38. The molecule has 0 aromatic heterocycles. The van der Waals surface area contributed by atoms with Gasteiger partial charge >= 0.3 is 0 Å². The second-order valence-corrected chi connectivity index (χ2v) is 9.57. The normalized spacial score (nSPS) is 32.5. The fraction of sp³-hybridized carbons (Fsp3) is 0.458. The average Bonchev–Trinajstić information content (AvgIpc) is 2.64. The number of benzene rings is 1. The van der Waals surface area contributed by atoms with Gasteiger partial charge in [0, 0.05) is 22.8 Å². The number of allylic oxidation sites excluding steroid dienone is 1. The summed E-state index contributed by atoms with van der Waals surface area (Å²) in [4.78, 5) is 38.4. The lowest BCUT2D eigenvalue weighted by Gasteiger charge is -2.56. The number of aliphatic hydroxyl groups is 3. The summed E-state index contributed by atoms with van der Waals surface area (Å²) in [6, 6.07) is 3.23. The molecule has 0 heterocycles. The molecule has 1 aromatic rings. The molecular formula is C24H26O7. The molecular weight excluding hydrogens is 400 g/mol. The maximum atomic E-state index is 13.7. The summed E-state index contributed by atoms with van der Waals surface area (Å²) >= 11 is 0. The molecule has 4 rings (SSSR count). The number of Topliss-reactive ketones (excluding diaryl/α,β-unsaturated/α-hetero) is 3. The van der Waals surface area contributed by atoms with Gasteiger partial charge in [0.1, 0.15) is 22.8 Å². The molecule has 0 unspecified atom stereocenters. The number of fused-ring (bicyclic) bond motifs is 3. The Bertz CT molecular complexity index is 1140. The molecule has 3 aliphatic rings. The van der Waals surface area contributed by atoms with E-state index < -0.39 is 50.9 Å². The molecule has 0 saturated heterocycles. The van der Waals surface area contributed by atoms with Crippen molar-refractivity contribution in [3.63, 3.8) is 0 Å². The standard InChI is InChI=1S/C24H26O7/c1-5-12-6-7-14(26)17-13(12)8-22(3)10-23(4)9-15(27)16(11(2)25)20(29)24(23,31)21(30)18(22)19(17)28/h6-7,26,28-29,31H,5,8-10H2,1-4H3/t22-,23+,24+/m0/s1. The van der Waals surface area contributed by atoms with E-state index in [9.17, 15) is 34.8 Å². The van der Waals surface area contributed by atoms with E-state index in [1.165, 1.54) is 6.07 Å². The summed E-state index contributed by atoms with van der Waals surface area (Å²) in [6.07, 6.45) is 0.793. The molecule has 1 fully saturated rings. The average molecular weight is 426 g/mol. The Labute approximate surface area is 179 Å². The number of hydrogen-bond donors (Lipinski definition) is 4. The van der Waals surface area contributed by atoms with Crippen LogP contribution >= 0.6 is 0 Å². The fourth-order valence-electron chi connectivity index (χ4n) is 6.04. The quantitative estimate of drug-likeness (QED) is 0.535. The molecule has 0 bridgehead atoms. The zero-order chi connectivity index (χ0) is 23.1. The Morgan fingerprint density at radius 2 is 1.74 bits per heavy atom. The van der Waals surface area contributed by atoms with Gasteiger partial charge in [0.05, 0.1) is 5.56 Å². The monoisotopic (exact) mass is 426 g/mol. The minimum absolute atomic E-state index is 0.104. The fourth-order valence-corrected chi connectivity index (χ4v) is 6.04. The first kappa shape index (κ1) is 21.3. The Kier molecular flexibility index (Phi) is 4.33. The molecule has 3 atom stereocenters. The van der Waals surface area contributed by atoms with Crippen LogP contribution in [0.15, 0.2) is 29.0 Å². The van der Waals surface area contributed by atoms with Crippen molar-refractivity contribution < 1.29 is 34.8 Å². The van der Waals surface area contributed by atoms with Crippen molar-refractivity contribution in [2.24, 2.45) is 10.8 Å². The van der Waals surface area contributed by atoms with Gasteiger partial charge < -0.3 is 20.4 Å². The number of carbonyl (C=O) groups is 3. The zero-order valence-corrected chi connectivity index (χ0v) is 18.0. The molecule has 3 aliphatic carbocycles. The number of carbonyl (C=O) groups excluding carboxylic acids is 3. The van der Waals surface area contributed by atoms with Crippen LogP contribution in [0.1, 0.15) is 57.2 Å². The Morgan fingerprint density at radius 3 is 2.32 bits per heavy atom. The van der Waals surface area contributed by atoms with Gasteiger partial charge in [-0.2, -0.15) is 0 Å². The van der Waals surface area contributed by atoms with Gasteiger partial charge in [-0.05, 0) is 43.4 Å². The lowest BCUT2D eigenvalue weighted by atomic mass is 9.47. The van der Waals surface area contributed by atoms with Gasteiger partial charge in [0.25, 0.3) is 0 Å². The topological polar surface area (TPSA) is 132 Å². The summed E-state index contributed by atoms with van der Waals surface area (Å²) in [5, 5.41) is 43.9. The summed E-state index contributed by atoms with van der Waals surface area (Å²) in [7, 11) is 0. The van der Waals surface area contributed by atoms with Crippen LogP contribution < -0.4 is 0 Å². The number of aliphatic hydroxyl groups excluding tert-OH is 2. The van der Waals surface area contributed by atoms with E-state index in [1.807, 2.05) is 6.92 Å². The highest BCUT2D eigenvalue weighted by Gasteiger charge is 2.68. The Hall–Kier alpha value is -2.93. The predicted octanol–water partition coefficient (Wildman–Crippen LogP) is 2.87. The maximum Gasteiger partial charge on any atom is 0.203 e. The van der Waals surface area contributed by atoms with Crippen LogP contribution in [0.25, 0.3) is 5.76 Å². The van der Waals surface area contributed by atoms with Crippen LogP contribution in [0, 0.1) is 10.8 Å². The molecule has 7 heteroatoms. The number of phenolic OH excluding ortho intramolecular Hbond substituents is 1. The van der Waals surface area contributed by atoms with Crippen LogP contribution in [0.5, 0.6) is 5.75 Å². The van der Waals surface area contributed by atoms with Crippen LogP contribution in [0.3, 0.4) is 0 Å². The molecule has 0 radical (unpaired) electrons. The summed E-state index contributed by atoms with van der Waals surface area (Å²) < 4.78 is 0. The molecule has 7 nitrogen and oxygen atoms in total. The second-order valence-electron chi connectivity index (χ2n) is 9.57. The highest BCUT2D eigenvalue weighted by molar-refractivity contribution is 6.23. The number of hydrogen-bond acceptors (Lipinski definition) is 7. The molecule has 164 valence electrons. The van der Waals surface area contributed by atoms with Gasteiger partial charge in [-0.25, -0.2) is 0 Å². The lowest BCUT2D eigenvalue weighted by Crippen LogP contribution is -2.65. The zero-order valence-electron chi connectivity index (χ0n) is 18.0. The first-order valence-corrected chi connectivity index (χ1v) is 10.3. The number of phenols is 1. The third-order valence-electron chi connectivity index (χ3n) is 7.38. The molecule has 4 N–H and O–H groups in total. The van der Waals surface area contributed by atoms with Crippen molar-refractivity contribution in [1.29, 1.82) is 0 Å². The molecule has 0 spiro atoms. The molecule has 1 aromatic carbocycles. The maximum absolute atomic E-state index is 13.7. The van der Waals surface area contributed by atoms with Crippen molar-refractivity contribution in [3.8, 4) is 5.75 Å². The smallest absolute Gasteiger partial charge is 0.203 e. The van der Waals surface area contributed by atoms with Crippen molar-refractivity contribution in [3.05, 3.63) is 45.7 Å². The van der Waals surface area contributed by atoms with E-state index in [0.29, 0.717) is 12.8 Å². The SMILES string of the molecule is CCc1ccc(O)c2c1C[C@@]1(C)C[C@@]3(C)CC(=O)C(C(C)=O)=C(O)[C@@]3(O)C(=O)C1=C2O. The molecule has 0 aliphatic heterocycles. The molecule has 31 heavy (non-hydrogen) atoms. The number of rotatable bonds is 2. The van der Waals surface area contributed by atoms with Crippen molar-refractivity contribution in [2.75, 3.05) is 0 Å². The van der Waals surface area contributed by atoms with E-state index in [-0.39, 0.29) is 29.7 Å². The molecule has 0 amide bonds. The van der Waals surface area contributed by atoms with Crippen molar-refractivity contribution in [2.45, 2.75) is 59.0 Å². The van der Waals surface area contributed by atoms with Crippen molar-refractivity contribution >= 4 is 23.1 Å². The van der Waals surface area contributed by atoms with E-state index in [1.54, 1.807) is 19.9 Å². The number of ketones is 3. The number of aromatic hydroxyl groups is 1. The Balaban J connectivity index is 2.05. The van der Waals surface area contributed by atoms with Crippen LogP contribution in [0.4, 0.5) is 0 Å². The first-order chi connectivity index (χ1) is 14.3. The van der Waals surface area contributed by atoms with Gasteiger partial charge in [-0.3, -0.25) is 14.4 Å².